The number of rotatable bonds is 3. The van der Waals surface area contributed by atoms with Gasteiger partial charge in [-0.15, -0.1) is 11.3 Å². The fourth-order valence-corrected chi connectivity index (χ4v) is 3.49. The van der Waals surface area contributed by atoms with E-state index in [1.807, 2.05) is 11.3 Å². The van der Waals surface area contributed by atoms with Crippen LogP contribution in [0.1, 0.15) is 22.5 Å². The molecule has 0 aliphatic carbocycles. The van der Waals surface area contributed by atoms with Gasteiger partial charge in [-0.3, -0.25) is 4.90 Å². The Bertz CT molecular complexity index is 363. The number of halogens is 1. The van der Waals surface area contributed by atoms with Crippen LogP contribution in [0.3, 0.4) is 0 Å². The predicted octanol–water partition coefficient (Wildman–Crippen LogP) is 2.74. The normalized spacial score (nSPS) is 26.4. The zero-order chi connectivity index (χ0) is 12.4. The summed E-state index contributed by atoms with van der Waals surface area (Å²) in [6, 6.07) is 0. The third kappa shape index (κ3) is 3.50. The lowest BCUT2D eigenvalue weighted by molar-refractivity contribution is -0.0678. The van der Waals surface area contributed by atoms with Gasteiger partial charge < -0.3 is 4.74 Å². The number of aryl methyl sites for hydroxylation is 2. The van der Waals surface area contributed by atoms with Gasteiger partial charge >= 0.3 is 0 Å². The minimum absolute atomic E-state index is 0.306. The molecule has 5 heteroatoms. The summed E-state index contributed by atoms with van der Waals surface area (Å²) in [5.74, 6) is 0. The quantitative estimate of drug-likeness (QED) is 0.801. The lowest BCUT2D eigenvalue weighted by Gasteiger charge is -2.35. The van der Waals surface area contributed by atoms with Gasteiger partial charge in [-0.2, -0.15) is 0 Å². The third-order valence-electron chi connectivity index (χ3n) is 3.01. The van der Waals surface area contributed by atoms with Gasteiger partial charge in [-0.1, -0.05) is 15.9 Å². The Labute approximate surface area is 115 Å². The Morgan fingerprint density at radius 2 is 2.24 bits per heavy atom. The summed E-state index contributed by atoms with van der Waals surface area (Å²) >= 11 is 5.32. The maximum absolute atomic E-state index is 5.83. The van der Waals surface area contributed by atoms with E-state index in [0.717, 1.165) is 25.0 Å². The first-order chi connectivity index (χ1) is 8.08. The topological polar surface area (TPSA) is 25.4 Å². The molecule has 96 valence electrons. The number of hydrogen-bond donors (Lipinski definition) is 0. The summed E-state index contributed by atoms with van der Waals surface area (Å²) in [6.45, 7) is 9.31. The summed E-state index contributed by atoms with van der Waals surface area (Å²) in [4.78, 5) is 8.38. The zero-order valence-corrected chi connectivity index (χ0v) is 13.0. The van der Waals surface area contributed by atoms with Crippen LogP contribution in [0, 0.1) is 13.8 Å². The van der Waals surface area contributed by atoms with Gasteiger partial charge in [0.1, 0.15) is 5.01 Å². The first kappa shape index (κ1) is 13.5. The van der Waals surface area contributed by atoms with E-state index in [0.29, 0.717) is 12.2 Å². The molecule has 1 aliphatic heterocycles. The number of morpholine rings is 1. The molecule has 1 aromatic rings. The monoisotopic (exact) mass is 318 g/mol. The van der Waals surface area contributed by atoms with Crippen LogP contribution in [-0.4, -0.2) is 40.5 Å². The Morgan fingerprint density at radius 1 is 1.47 bits per heavy atom. The molecule has 1 fully saturated rings. The van der Waals surface area contributed by atoms with E-state index in [2.05, 4.69) is 46.6 Å². The van der Waals surface area contributed by atoms with Gasteiger partial charge in [0.25, 0.3) is 0 Å². The number of thiazole rings is 1. The predicted molar refractivity (Wildman–Crippen MR) is 75.0 cm³/mol. The van der Waals surface area contributed by atoms with Crippen LogP contribution in [0.25, 0.3) is 0 Å². The SMILES string of the molecule is Cc1nc(CN2CC(C)OC(CBr)C2)sc1C. The second kappa shape index (κ2) is 5.78. The van der Waals surface area contributed by atoms with Gasteiger partial charge in [0.15, 0.2) is 0 Å². The summed E-state index contributed by atoms with van der Waals surface area (Å²) in [6.07, 6.45) is 0.620. The maximum atomic E-state index is 5.83. The molecule has 2 atom stereocenters. The van der Waals surface area contributed by atoms with E-state index in [9.17, 15) is 0 Å². The van der Waals surface area contributed by atoms with Crippen LogP contribution in [0.4, 0.5) is 0 Å². The largest absolute Gasteiger partial charge is 0.372 e. The highest BCUT2D eigenvalue weighted by Gasteiger charge is 2.25. The first-order valence-corrected chi connectivity index (χ1v) is 7.89. The number of alkyl halides is 1. The highest BCUT2D eigenvalue weighted by molar-refractivity contribution is 9.09. The van der Waals surface area contributed by atoms with E-state index in [1.54, 1.807) is 0 Å². The van der Waals surface area contributed by atoms with Crippen LogP contribution >= 0.6 is 27.3 Å². The van der Waals surface area contributed by atoms with Gasteiger partial charge in [-0.05, 0) is 20.8 Å². The molecular formula is C12H19BrN2OS. The molecular weight excluding hydrogens is 300 g/mol. The minimum Gasteiger partial charge on any atom is -0.372 e. The molecule has 17 heavy (non-hydrogen) atoms. The third-order valence-corrected chi connectivity index (χ3v) is 4.79. The lowest BCUT2D eigenvalue weighted by atomic mass is 10.2. The van der Waals surface area contributed by atoms with Crippen molar-refractivity contribution in [2.45, 2.75) is 39.5 Å². The van der Waals surface area contributed by atoms with Crippen molar-refractivity contribution in [2.75, 3.05) is 18.4 Å². The molecule has 1 aromatic heterocycles. The Hall–Kier alpha value is 0.0300. The molecule has 0 saturated carbocycles. The van der Waals surface area contributed by atoms with Crippen molar-refractivity contribution in [2.24, 2.45) is 0 Å². The van der Waals surface area contributed by atoms with Crippen LogP contribution < -0.4 is 0 Å². The summed E-state index contributed by atoms with van der Waals surface area (Å²) in [7, 11) is 0. The molecule has 1 aliphatic rings. The summed E-state index contributed by atoms with van der Waals surface area (Å²) in [5.41, 5.74) is 1.17. The molecule has 0 N–H and O–H groups in total. The molecule has 0 aromatic carbocycles. The van der Waals surface area contributed by atoms with Crippen LogP contribution in [0.2, 0.25) is 0 Å². The van der Waals surface area contributed by atoms with Crippen molar-refractivity contribution >= 4 is 27.3 Å². The maximum Gasteiger partial charge on any atom is 0.107 e. The van der Waals surface area contributed by atoms with Gasteiger partial charge in [0.05, 0.1) is 24.4 Å². The highest BCUT2D eigenvalue weighted by atomic mass is 79.9. The second-order valence-corrected chi connectivity index (χ2v) is 6.60. The van der Waals surface area contributed by atoms with Crippen LogP contribution in [0.15, 0.2) is 0 Å². The standard InChI is InChI=1S/C12H19BrN2OS/c1-8-5-15(6-11(4-13)16-8)7-12-14-9(2)10(3)17-12/h8,11H,4-7H2,1-3H3. The van der Waals surface area contributed by atoms with Crippen LogP contribution in [-0.2, 0) is 11.3 Å². The number of ether oxygens (including phenoxy) is 1. The van der Waals surface area contributed by atoms with Crippen molar-refractivity contribution in [3.8, 4) is 0 Å². The van der Waals surface area contributed by atoms with Crippen molar-refractivity contribution in [3.63, 3.8) is 0 Å². The summed E-state index contributed by atoms with van der Waals surface area (Å²) in [5, 5.41) is 2.13. The smallest absolute Gasteiger partial charge is 0.107 e. The molecule has 2 heterocycles. The molecule has 0 bridgehead atoms. The molecule has 2 unspecified atom stereocenters. The van der Waals surface area contributed by atoms with Crippen LogP contribution in [0.5, 0.6) is 0 Å². The van der Waals surface area contributed by atoms with E-state index in [1.165, 1.54) is 15.6 Å². The molecule has 2 rings (SSSR count). The molecule has 1 saturated heterocycles. The van der Waals surface area contributed by atoms with Crippen molar-refractivity contribution in [1.29, 1.82) is 0 Å². The van der Waals surface area contributed by atoms with Gasteiger partial charge in [-0.25, -0.2) is 4.98 Å². The van der Waals surface area contributed by atoms with E-state index < -0.39 is 0 Å². The Morgan fingerprint density at radius 3 is 2.82 bits per heavy atom. The van der Waals surface area contributed by atoms with Crippen molar-refractivity contribution < 1.29 is 4.74 Å². The van der Waals surface area contributed by atoms with E-state index >= 15 is 0 Å². The molecule has 0 amide bonds. The van der Waals surface area contributed by atoms with Gasteiger partial charge in [0, 0.05) is 23.3 Å². The average molecular weight is 319 g/mol. The lowest BCUT2D eigenvalue weighted by Crippen LogP contribution is -2.46. The first-order valence-electron chi connectivity index (χ1n) is 5.95. The zero-order valence-electron chi connectivity index (χ0n) is 10.6. The molecule has 3 nitrogen and oxygen atoms in total. The second-order valence-electron chi connectivity index (χ2n) is 4.67. The summed E-state index contributed by atoms with van der Waals surface area (Å²) < 4.78 is 5.83. The van der Waals surface area contributed by atoms with E-state index in [4.69, 9.17) is 4.74 Å². The number of aromatic nitrogens is 1. The Kier molecular flexibility index (Phi) is 4.58. The highest BCUT2D eigenvalue weighted by Crippen LogP contribution is 2.20. The number of nitrogens with zero attached hydrogens (tertiary/aromatic N) is 2. The fraction of sp³-hybridized carbons (Fsp3) is 0.750. The van der Waals surface area contributed by atoms with Gasteiger partial charge in [0.2, 0.25) is 0 Å². The average Bonchev–Trinajstić information content (AvgIpc) is 2.57. The fourth-order valence-electron chi connectivity index (χ4n) is 2.15. The van der Waals surface area contributed by atoms with Crippen molar-refractivity contribution in [1.82, 2.24) is 9.88 Å². The molecule has 0 radical (unpaired) electrons. The van der Waals surface area contributed by atoms with E-state index in [-0.39, 0.29) is 0 Å². The minimum atomic E-state index is 0.306. The Balaban J connectivity index is 1.98. The van der Waals surface area contributed by atoms with Crippen molar-refractivity contribution in [3.05, 3.63) is 15.6 Å². The number of hydrogen-bond acceptors (Lipinski definition) is 4. The molecule has 0 spiro atoms.